The van der Waals surface area contributed by atoms with Crippen LogP contribution in [0.25, 0.3) is 0 Å². The molecule has 2 aliphatic heterocycles. The van der Waals surface area contributed by atoms with Crippen molar-refractivity contribution < 1.29 is 33.2 Å². The monoisotopic (exact) mass is 536 g/mol. The number of fused-ring (bicyclic) bond motifs is 3. The SMILES string of the molecule is COc1cc([C@@H]2c3cc4c(cc3[C@@H](Sc3nc(C)cc(C)n3)[C@H]3COC(=O)[C@H]23)OCO4)cc(OC)c1OC. The number of carbonyl (C=O) groups excluding carboxylic acids is 1. The summed E-state index contributed by atoms with van der Waals surface area (Å²) in [6.07, 6.45) is 0. The van der Waals surface area contributed by atoms with E-state index >= 15 is 0 Å². The van der Waals surface area contributed by atoms with Crippen LogP contribution in [-0.4, -0.2) is 50.7 Å². The molecular weight excluding hydrogens is 508 g/mol. The van der Waals surface area contributed by atoms with Crippen molar-refractivity contribution in [1.29, 1.82) is 0 Å². The molecule has 0 bridgehead atoms. The van der Waals surface area contributed by atoms with Gasteiger partial charge in [-0.05, 0) is 60.9 Å². The van der Waals surface area contributed by atoms with Crippen LogP contribution < -0.4 is 23.7 Å². The summed E-state index contributed by atoms with van der Waals surface area (Å²) in [6.45, 7) is 4.37. The number of benzene rings is 2. The molecule has 0 amide bonds. The molecule has 3 aromatic rings. The van der Waals surface area contributed by atoms with E-state index in [1.165, 1.54) is 0 Å². The fourth-order valence-electron chi connectivity index (χ4n) is 5.80. The van der Waals surface area contributed by atoms with Gasteiger partial charge in [-0.15, -0.1) is 0 Å². The zero-order valence-electron chi connectivity index (χ0n) is 21.8. The number of ether oxygens (including phenoxy) is 6. The van der Waals surface area contributed by atoms with Crippen molar-refractivity contribution in [2.75, 3.05) is 34.7 Å². The summed E-state index contributed by atoms with van der Waals surface area (Å²) in [4.78, 5) is 22.7. The molecular formula is C28H28N2O7S. The van der Waals surface area contributed by atoms with Gasteiger partial charge in [0.2, 0.25) is 12.5 Å². The first-order chi connectivity index (χ1) is 18.4. The van der Waals surface area contributed by atoms with Crippen LogP contribution >= 0.6 is 11.8 Å². The second-order valence-corrected chi connectivity index (χ2v) is 10.7. The highest BCUT2D eigenvalue weighted by molar-refractivity contribution is 7.99. The van der Waals surface area contributed by atoms with Crippen LogP contribution in [-0.2, 0) is 9.53 Å². The van der Waals surface area contributed by atoms with Crippen molar-refractivity contribution in [2.24, 2.45) is 11.8 Å². The number of cyclic esters (lactones) is 1. The first-order valence-electron chi connectivity index (χ1n) is 12.3. The summed E-state index contributed by atoms with van der Waals surface area (Å²) in [5.74, 6) is 1.75. The van der Waals surface area contributed by atoms with Crippen LogP contribution in [0.15, 0.2) is 35.5 Å². The van der Waals surface area contributed by atoms with Crippen LogP contribution in [0.5, 0.6) is 28.7 Å². The zero-order chi connectivity index (χ0) is 26.6. The van der Waals surface area contributed by atoms with Gasteiger partial charge >= 0.3 is 5.97 Å². The molecule has 6 rings (SSSR count). The molecule has 4 atom stereocenters. The molecule has 0 saturated carbocycles. The zero-order valence-corrected chi connectivity index (χ0v) is 22.6. The summed E-state index contributed by atoms with van der Waals surface area (Å²) >= 11 is 1.56. The van der Waals surface area contributed by atoms with Gasteiger partial charge in [0.1, 0.15) is 0 Å². The van der Waals surface area contributed by atoms with E-state index in [1.807, 2.05) is 44.2 Å². The molecule has 198 valence electrons. The van der Waals surface area contributed by atoms with Gasteiger partial charge < -0.3 is 28.4 Å². The molecule has 0 N–H and O–H groups in total. The van der Waals surface area contributed by atoms with E-state index in [0.29, 0.717) is 40.5 Å². The molecule has 0 radical (unpaired) electrons. The minimum Gasteiger partial charge on any atom is -0.493 e. The van der Waals surface area contributed by atoms with E-state index in [9.17, 15) is 4.79 Å². The number of hydrogen-bond donors (Lipinski definition) is 0. The number of aryl methyl sites for hydroxylation is 2. The Labute approximate surface area is 224 Å². The van der Waals surface area contributed by atoms with Crippen molar-refractivity contribution in [3.8, 4) is 28.7 Å². The van der Waals surface area contributed by atoms with E-state index < -0.39 is 5.92 Å². The number of rotatable bonds is 6. The average molecular weight is 537 g/mol. The molecule has 1 aromatic heterocycles. The third kappa shape index (κ3) is 3.98. The molecule has 3 heterocycles. The molecule has 38 heavy (non-hydrogen) atoms. The van der Waals surface area contributed by atoms with E-state index in [1.54, 1.807) is 33.1 Å². The number of esters is 1. The second kappa shape index (κ2) is 9.58. The Morgan fingerprint density at radius 2 is 1.47 bits per heavy atom. The second-order valence-electron chi connectivity index (χ2n) is 9.56. The van der Waals surface area contributed by atoms with E-state index in [0.717, 1.165) is 28.1 Å². The van der Waals surface area contributed by atoms with E-state index in [-0.39, 0.29) is 29.8 Å². The molecule has 1 aliphatic carbocycles. The first kappa shape index (κ1) is 24.7. The van der Waals surface area contributed by atoms with Gasteiger partial charge in [-0.3, -0.25) is 4.79 Å². The van der Waals surface area contributed by atoms with Crippen LogP contribution in [0.1, 0.15) is 39.2 Å². The van der Waals surface area contributed by atoms with Gasteiger partial charge in [-0.1, -0.05) is 11.8 Å². The van der Waals surface area contributed by atoms with Crippen LogP contribution in [0.2, 0.25) is 0 Å². The Morgan fingerprint density at radius 1 is 0.842 bits per heavy atom. The highest BCUT2D eigenvalue weighted by Crippen LogP contribution is 2.59. The standard InChI is InChI=1S/C28H28N2O7S/c1-13-6-14(2)30-28(29-13)38-26-17-10-20-19(36-12-37-20)9-16(17)23(24-18(26)11-35-27(24)31)15-7-21(32-3)25(34-5)22(8-15)33-4/h6-10,18,23-24,26H,11-12H2,1-5H3/t18-,23+,24-,26+/m0/s1. The maximum Gasteiger partial charge on any atom is 0.310 e. The Balaban J connectivity index is 1.55. The predicted molar refractivity (Wildman–Crippen MR) is 139 cm³/mol. The molecule has 10 heteroatoms. The number of thioether (sulfide) groups is 1. The molecule has 0 spiro atoms. The normalized spacial score (nSPS) is 22.9. The van der Waals surface area contributed by atoms with E-state index in [4.69, 9.17) is 28.4 Å². The molecule has 3 aliphatic rings. The molecule has 2 aromatic carbocycles. The lowest BCUT2D eigenvalue weighted by molar-refractivity contribution is -0.141. The van der Waals surface area contributed by atoms with Crippen molar-refractivity contribution in [1.82, 2.24) is 9.97 Å². The topological polar surface area (TPSA) is 98.2 Å². The lowest BCUT2D eigenvalue weighted by atomic mass is 9.67. The largest absolute Gasteiger partial charge is 0.493 e. The minimum atomic E-state index is -0.436. The van der Waals surface area contributed by atoms with Crippen molar-refractivity contribution >= 4 is 17.7 Å². The lowest BCUT2D eigenvalue weighted by Gasteiger charge is -2.38. The quantitative estimate of drug-likeness (QED) is 0.328. The van der Waals surface area contributed by atoms with Gasteiger partial charge in [0.25, 0.3) is 0 Å². The summed E-state index contributed by atoms with van der Waals surface area (Å²) < 4.78 is 34.1. The highest BCUT2D eigenvalue weighted by atomic mass is 32.2. The summed E-state index contributed by atoms with van der Waals surface area (Å²) in [5.41, 5.74) is 4.66. The van der Waals surface area contributed by atoms with Crippen LogP contribution in [0.4, 0.5) is 0 Å². The minimum absolute atomic E-state index is 0.117. The fraction of sp³-hybridized carbons (Fsp3) is 0.393. The van der Waals surface area contributed by atoms with Crippen LogP contribution in [0, 0.1) is 25.7 Å². The first-order valence-corrected chi connectivity index (χ1v) is 13.2. The molecule has 9 nitrogen and oxygen atoms in total. The Morgan fingerprint density at radius 3 is 2.08 bits per heavy atom. The smallest absolute Gasteiger partial charge is 0.310 e. The van der Waals surface area contributed by atoms with Crippen LogP contribution in [0.3, 0.4) is 0 Å². The Bertz CT molecular complexity index is 1380. The number of carbonyl (C=O) groups is 1. The maximum atomic E-state index is 13.4. The predicted octanol–water partition coefficient (Wildman–Crippen LogP) is 4.62. The summed E-state index contributed by atoms with van der Waals surface area (Å²) in [5, 5.41) is 0.538. The van der Waals surface area contributed by atoms with Gasteiger partial charge in [-0.2, -0.15) is 0 Å². The molecule has 0 unspecified atom stereocenters. The third-order valence-electron chi connectivity index (χ3n) is 7.36. The average Bonchev–Trinajstić information content (AvgIpc) is 3.52. The van der Waals surface area contributed by atoms with Crippen molar-refractivity contribution in [3.05, 3.63) is 58.4 Å². The Kier molecular flexibility index (Phi) is 6.22. The molecule has 1 saturated heterocycles. The highest BCUT2D eigenvalue weighted by Gasteiger charge is 2.53. The third-order valence-corrected chi connectivity index (χ3v) is 8.61. The van der Waals surface area contributed by atoms with Gasteiger partial charge in [0.05, 0.1) is 33.9 Å². The van der Waals surface area contributed by atoms with Crippen molar-refractivity contribution in [3.63, 3.8) is 0 Å². The number of hydrogen-bond acceptors (Lipinski definition) is 10. The Hall–Kier alpha value is -3.66. The van der Waals surface area contributed by atoms with E-state index in [2.05, 4.69) is 9.97 Å². The van der Waals surface area contributed by atoms with Gasteiger partial charge in [0.15, 0.2) is 28.2 Å². The number of methoxy groups -OCH3 is 3. The fourth-order valence-corrected chi connectivity index (χ4v) is 7.18. The molecule has 1 fully saturated rings. The maximum absolute atomic E-state index is 13.4. The van der Waals surface area contributed by atoms with Gasteiger partial charge in [-0.25, -0.2) is 9.97 Å². The summed E-state index contributed by atoms with van der Waals surface area (Å²) in [7, 11) is 4.73. The number of nitrogens with zero attached hydrogens (tertiary/aromatic N) is 2. The number of aromatic nitrogens is 2. The van der Waals surface area contributed by atoms with Gasteiger partial charge in [0, 0.05) is 28.5 Å². The summed E-state index contributed by atoms with van der Waals surface area (Å²) in [6, 6.07) is 9.78. The lowest BCUT2D eigenvalue weighted by Crippen LogP contribution is -2.33. The van der Waals surface area contributed by atoms with Crippen molar-refractivity contribution in [2.45, 2.75) is 30.2 Å².